The zero-order chi connectivity index (χ0) is 25.4. The number of nitrogens with one attached hydrogen (secondary N) is 2. The van der Waals surface area contributed by atoms with Crippen molar-refractivity contribution in [3.8, 4) is 0 Å². The highest BCUT2D eigenvalue weighted by molar-refractivity contribution is 7.88. The second-order valence-corrected chi connectivity index (χ2v) is 11.2. The average molecular weight is 518 g/mol. The molecule has 2 heterocycles. The molecule has 1 unspecified atom stereocenters. The lowest BCUT2D eigenvalue weighted by molar-refractivity contribution is -0.137. The lowest BCUT2D eigenvalue weighted by atomic mass is 9.92. The van der Waals surface area contributed by atoms with Gasteiger partial charge < -0.3 is 15.7 Å². The molecule has 13 heteroatoms. The fourth-order valence-corrected chi connectivity index (χ4v) is 5.03. The summed E-state index contributed by atoms with van der Waals surface area (Å²) in [6.45, 7) is 0.279. The molecule has 1 aliphatic carbocycles. The van der Waals surface area contributed by atoms with Gasteiger partial charge >= 0.3 is 6.18 Å². The minimum Gasteiger partial charge on any atom is -0.388 e. The molecule has 2 fully saturated rings. The van der Waals surface area contributed by atoms with Crippen molar-refractivity contribution >= 4 is 21.7 Å². The van der Waals surface area contributed by atoms with Gasteiger partial charge in [-0.25, -0.2) is 22.7 Å². The molecule has 0 spiro atoms. The molecular weight excluding hydrogens is 490 g/mol. The number of aliphatic hydroxyl groups is 1. The van der Waals surface area contributed by atoms with Crippen molar-refractivity contribution in [3.63, 3.8) is 0 Å². The van der Waals surface area contributed by atoms with Crippen LogP contribution >= 0.6 is 0 Å². The van der Waals surface area contributed by atoms with Crippen molar-refractivity contribution in [3.05, 3.63) is 47.5 Å². The van der Waals surface area contributed by atoms with Crippen molar-refractivity contribution in [2.75, 3.05) is 36.5 Å². The molecule has 0 amide bonds. The van der Waals surface area contributed by atoms with E-state index in [0.29, 0.717) is 5.56 Å². The number of alkyl halides is 3. The number of aromatic nitrogens is 2. The van der Waals surface area contributed by atoms with Crippen LogP contribution in [0.5, 0.6) is 0 Å². The van der Waals surface area contributed by atoms with E-state index in [-0.39, 0.29) is 50.0 Å². The number of hydrogen-bond acceptors (Lipinski definition) is 7. The normalized spacial score (nSPS) is 19.8. The van der Waals surface area contributed by atoms with E-state index in [1.165, 1.54) is 16.4 Å². The lowest BCUT2D eigenvalue weighted by Crippen LogP contribution is -2.49. The Balaban J connectivity index is 1.44. The number of benzene rings is 1. The van der Waals surface area contributed by atoms with Crippen LogP contribution < -0.4 is 10.6 Å². The molecule has 4 rings (SSSR count). The molecule has 1 saturated carbocycles. The van der Waals surface area contributed by atoms with Gasteiger partial charge in [-0.15, -0.1) is 0 Å². The van der Waals surface area contributed by atoms with Crippen molar-refractivity contribution in [1.29, 1.82) is 0 Å². The fraction of sp³-hybridized carbons (Fsp3) is 0.545. The van der Waals surface area contributed by atoms with E-state index in [0.717, 1.165) is 37.6 Å². The molecule has 192 valence electrons. The maximum atomic E-state index is 15.2. The predicted octanol–water partition coefficient (Wildman–Crippen LogP) is 3.40. The molecular formula is C22H27F4N5O3S. The molecule has 0 radical (unpaired) electrons. The van der Waals surface area contributed by atoms with Crippen LogP contribution in [0.3, 0.4) is 0 Å². The van der Waals surface area contributed by atoms with E-state index in [1.807, 2.05) is 0 Å². The minimum absolute atomic E-state index is 0.0388. The first-order valence-electron chi connectivity index (χ1n) is 11.2. The van der Waals surface area contributed by atoms with Gasteiger partial charge in [-0.05, 0) is 49.3 Å². The van der Waals surface area contributed by atoms with Crippen LogP contribution in [0.4, 0.5) is 29.2 Å². The first-order valence-corrected chi connectivity index (χ1v) is 13.1. The van der Waals surface area contributed by atoms with Crippen molar-refractivity contribution < 1.29 is 31.1 Å². The zero-order valence-electron chi connectivity index (χ0n) is 19.0. The van der Waals surface area contributed by atoms with E-state index in [2.05, 4.69) is 20.6 Å². The molecule has 35 heavy (non-hydrogen) atoms. The predicted molar refractivity (Wildman–Crippen MR) is 122 cm³/mol. The van der Waals surface area contributed by atoms with Gasteiger partial charge in [0.05, 0.1) is 23.5 Å². The van der Waals surface area contributed by atoms with Gasteiger partial charge in [0.25, 0.3) is 0 Å². The Labute approximate surface area is 200 Å². The monoisotopic (exact) mass is 517 g/mol. The summed E-state index contributed by atoms with van der Waals surface area (Å²) in [7, 11) is -3.34. The Hall–Kier alpha value is -2.51. The largest absolute Gasteiger partial charge is 0.416 e. The molecule has 1 aromatic heterocycles. The van der Waals surface area contributed by atoms with E-state index in [4.69, 9.17) is 0 Å². The Bertz CT molecular complexity index is 1150. The summed E-state index contributed by atoms with van der Waals surface area (Å²) in [5.74, 6) is -0.873. The topological polar surface area (TPSA) is 107 Å². The molecule has 2 aromatic rings. The van der Waals surface area contributed by atoms with Crippen molar-refractivity contribution in [1.82, 2.24) is 14.3 Å². The Morgan fingerprint density at radius 2 is 1.74 bits per heavy atom. The summed E-state index contributed by atoms with van der Waals surface area (Å²) in [4.78, 5) is 7.88. The maximum absolute atomic E-state index is 15.2. The van der Waals surface area contributed by atoms with Crippen molar-refractivity contribution in [2.24, 2.45) is 5.92 Å². The summed E-state index contributed by atoms with van der Waals surface area (Å²) in [6, 6.07) is 4.36. The summed E-state index contributed by atoms with van der Waals surface area (Å²) in [5, 5.41) is 16.6. The highest BCUT2D eigenvalue weighted by Crippen LogP contribution is 2.43. The molecule has 1 aromatic carbocycles. The van der Waals surface area contributed by atoms with Crippen LogP contribution in [-0.4, -0.2) is 59.3 Å². The highest BCUT2D eigenvalue weighted by atomic mass is 32.2. The smallest absolute Gasteiger partial charge is 0.388 e. The van der Waals surface area contributed by atoms with Gasteiger partial charge in [-0.3, -0.25) is 0 Å². The first-order chi connectivity index (χ1) is 16.4. The standard InChI is InChI=1S/C22H27F4N5O3S/c1-35(33,34)31-10-8-21(32,9-11-31)12-27-19-17(23)20(29-13-28-19)30-18(14-2-3-14)15-4-6-16(7-5-15)22(24,25)26/h4-7,13-14,18,32H,2-3,8-12H2,1H3,(H2,27,28,29,30). The second kappa shape index (κ2) is 9.51. The van der Waals surface area contributed by atoms with Crippen LogP contribution in [0, 0.1) is 11.7 Å². The molecule has 8 nitrogen and oxygen atoms in total. The number of sulfonamides is 1. The van der Waals surface area contributed by atoms with E-state index in [1.54, 1.807) is 0 Å². The van der Waals surface area contributed by atoms with Gasteiger partial charge in [-0.2, -0.15) is 17.6 Å². The van der Waals surface area contributed by atoms with Crippen LogP contribution in [-0.2, 0) is 16.2 Å². The van der Waals surface area contributed by atoms with Gasteiger partial charge in [0.2, 0.25) is 15.8 Å². The van der Waals surface area contributed by atoms with E-state index >= 15 is 4.39 Å². The van der Waals surface area contributed by atoms with Crippen LogP contribution in [0.15, 0.2) is 30.6 Å². The van der Waals surface area contributed by atoms with Crippen LogP contribution in [0.2, 0.25) is 0 Å². The minimum atomic E-state index is -4.44. The lowest BCUT2D eigenvalue weighted by Gasteiger charge is -2.37. The summed E-state index contributed by atoms with van der Waals surface area (Å²) < 4.78 is 78.5. The van der Waals surface area contributed by atoms with E-state index in [9.17, 15) is 26.7 Å². The summed E-state index contributed by atoms with van der Waals surface area (Å²) in [6.07, 6.45) is -0.0974. The highest BCUT2D eigenvalue weighted by Gasteiger charge is 2.37. The SMILES string of the molecule is CS(=O)(=O)N1CCC(O)(CNc2ncnc(NC(c3ccc(C(F)(F)F)cc3)C3CC3)c2F)CC1. The Morgan fingerprint density at radius 3 is 2.29 bits per heavy atom. The molecule has 2 aliphatic rings. The third-order valence-electron chi connectivity index (χ3n) is 6.48. The number of anilines is 2. The third-order valence-corrected chi connectivity index (χ3v) is 7.78. The summed E-state index contributed by atoms with van der Waals surface area (Å²) in [5.41, 5.74) is -1.39. The van der Waals surface area contributed by atoms with Crippen molar-refractivity contribution in [2.45, 2.75) is 43.5 Å². The number of hydrogen-bond donors (Lipinski definition) is 3. The third kappa shape index (κ3) is 6.19. The quantitative estimate of drug-likeness (QED) is 0.461. The number of piperidine rings is 1. The van der Waals surface area contributed by atoms with Crippen LogP contribution in [0.1, 0.15) is 42.9 Å². The molecule has 3 N–H and O–H groups in total. The molecule has 0 bridgehead atoms. The summed E-state index contributed by atoms with van der Waals surface area (Å²) >= 11 is 0. The number of rotatable bonds is 8. The Morgan fingerprint density at radius 1 is 1.14 bits per heavy atom. The molecule has 1 atom stereocenters. The molecule has 1 saturated heterocycles. The molecule has 1 aliphatic heterocycles. The Kier molecular flexibility index (Phi) is 6.95. The van der Waals surface area contributed by atoms with Crippen LogP contribution in [0.25, 0.3) is 0 Å². The average Bonchev–Trinajstić information content (AvgIpc) is 3.62. The van der Waals surface area contributed by atoms with E-state index < -0.39 is 39.2 Å². The number of nitrogens with zero attached hydrogens (tertiary/aromatic N) is 3. The van der Waals surface area contributed by atoms with Gasteiger partial charge in [0.15, 0.2) is 11.6 Å². The first kappa shape index (κ1) is 25.6. The van der Waals surface area contributed by atoms with Gasteiger partial charge in [0.1, 0.15) is 6.33 Å². The fourth-order valence-electron chi connectivity index (χ4n) is 4.18. The second-order valence-electron chi connectivity index (χ2n) is 9.20. The number of halogens is 4. The van der Waals surface area contributed by atoms with Gasteiger partial charge in [0, 0.05) is 19.6 Å². The maximum Gasteiger partial charge on any atom is 0.416 e. The zero-order valence-corrected chi connectivity index (χ0v) is 19.8. The van der Waals surface area contributed by atoms with Gasteiger partial charge in [-0.1, -0.05) is 12.1 Å².